The maximum atomic E-state index is 5.59. The summed E-state index contributed by atoms with van der Waals surface area (Å²) >= 11 is 1.80. The van der Waals surface area contributed by atoms with E-state index in [1.807, 2.05) is 57.3 Å². The molecular weight excluding hydrogens is 388 g/mol. The summed E-state index contributed by atoms with van der Waals surface area (Å²) in [4.78, 5) is 6.51. The van der Waals surface area contributed by atoms with Gasteiger partial charge in [0.25, 0.3) is 0 Å². The average Bonchev–Trinajstić information content (AvgIpc) is 3.17. The number of rotatable bonds is 4. The lowest BCUT2D eigenvalue weighted by molar-refractivity contribution is 0.482. The van der Waals surface area contributed by atoms with Crippen LogP contribution < -0.4 is 4.74 Å². The van der Waals surface area contributed by atoms with E-state index in [1.165, 1.54) is 20.9 Å². The van der Waals surface area contributed by atoms with E-state index in [9.17, 15) is 0 Å². The fraction of sp³-hybridized carbons (Fsp3) is 0.192. The van der Waals surface area contributed by atoms with E-state index in [0.717, 1.165) is 11.5 Å². The molecule has 0 saturated heterocycles. The van der Waals surface area contributed by atoms with E-state index in [0.29, 0.717) is 0 Å². The number of ether oxygens (including phenoxy) is 1. The van der Waals surface area contributed by atoms with Gasteiger partial charge in [0.1, 0.15) is 11.5 Å². The average molecular weight is 419 g/mol. The van der Waals surface area contributed by atoms with Gasteiger partial charge in [0.05, 0.1) is 0 Å². The van der Waals surface area contributed by atoms with Crippen molar-refractivity contribution in [1.82, 2.24) is 9.55 Å². The van der Waals surface area contributed by atoms with Gasteiger partial charge in [0.15, 0.2) is 0 Å². The van der Waals surface area contributed by atoms with Crippen LogP contribution in [0.25, 0.3) is 0 Å². The summed E-state index contributed by atoms with van der Waals surface area (Å²) in [6.45, 7) is 8.17. The largest absolute Gasteiger partial charge is 0.457 e. The van der Waals surface area contributed by atoms with E-state index in [-0.39, 0.29) is 0 Å². The molecule has 0 bridgehead atoms. The SMILES string of the molecule is CC.Cc1ccc(Oc2ccncc2)cc1.Cc1cccc(Sc2ccn(C)c2)c1. The maximum Gasteiger partial charge on any atom is 0.130 e. The van der Waals surface area contributed by atoms with Gasteiger partial charge in [0.2, 0.25) is 0 Å². The molecule has 4 rings (SSSR count). The number of nitrogens with zero attached hydrogens (tertiary/aromatic N) is 2. The van der Waals surface area contributed by atoms with Crippen molar-refractivity contribution in [3.05, 3.63) is 103 Å². The van der Waals surface area contributed by atoms with Crippen LogP contribution in [0.15, 0.2) is 101 Å². The van der Waals surface area contributed by atoms with Gasteiger partial charge in [-0.15, -0.1) is 0 Å². The zero-order valence-corrected chi connectivity index (χ0v) is 19.2. The summed E-state index contributed by atoms with van der Waals surface area (Å²) < 4.78 is 7.66. The number of benzene rings is 2. The fourth-order valence-corrected chi connectivity index (χ4v) is 3.51. The van der Waals surface area contributed by atoms with Crippen molar-refractivity contribution < 1.29 is 4.74 Å². The molecule has 2 aromatic carbocycles. The Labute approximate surface area is 184 Å². The van der Waals surface area contributed by atoms with Crippen molar-refractivity contribution in [3.63, 3.8) is 0 Å². The normalized spacial score (nSPS) is 9.63. The van der Waals surface area contributed by atoms with Crippen LogP contribution in [0.5, 0.6) is 11.5 Å². The highest BCUT2D eigenvalue weighted by Gasteiger charge is 1.98. The Morgan fingerprint density at radius 3 is 2.03 bits per heavy atom. The Balaban J connectivity index is 0.000000197. The zero-order valence-electron chi connectivity index (χ0n) is 18.4. The van der Waals surface area contributed by atoms with Gasteiger partial charge in [0, 0.05) is 41.6 Å². The molecule has 0 N–H and O–H groups in total. The summed E-state index contributed by atoms with van der Waals surface area (Å²) in [5.41, 5.74) is 2.54. The van der Waals surface area contributed by atoms with E-state index < -0.39 is 0 Å². The molecule has 0 saturated carbocycles. The van der Waals surface area contributed by atoms with Crippen LogP contribution in [0.3, 0.4) is 0 Å². The zero-order chi connectivity index (χ0) is 21.8. The monoisotopic (exact) mass is 418 g/mol. The second-order valence-electron chi connectivity index (χ2n) is 6.53. The number of hydrogen-bond acceptors (Lipinski definition) is 3. The quantitative estimate of drug-likeness (QED) is 0.340. The summed E-state index contributed by atoms with van der Waals surface area (Å²) in [5, 5.41) is 0. The second-order valence-corrected chi connectivity index (χ2v) is 7.68. The number of pyridine rings is 1. The van der Waals surface area contributed by atoms with Gasteiger partial charge in [-0.05, 0) is 56.3 Å². The summed E-state index contributed by atoms with van der Waals surface area (Å²) in [5.74, 6) is 1.66. The lowest BCUT2D eigenvalue weighted by Crippen LogP contribution is -1.83. The van der Waals surface area contributed by atoms with Gasteiger partial charge in [-0.3, -0.25) is 4.98 Å². The molecule has 3 nitrogen and oxygen atoms in total. The predicted molar refractivity (Wildman–Crippen MR) is 128 cm³/mol. The van der Waals surface area contributed by atoms with Gasteiger partial charge >= 0.3 is 0 Å². The standard InChI is InChI=1S/C12H11NO.C12H13NS.C2H6/c1-10-2-4-11(5-3-10)14-12-6-8-13-9-7-12;1-10-4-3-5-11(8-10)14-12-6-7-13(2)9-12;1-2/h2-9H,1H3;3-9H,1-2H3;1-2H3. The molecule has 4 heteroatoms. The van der Waals surface area contributed by atoms with E-state index >= 15 is 0 Å². The van der Waals surface area contributed by atoms with Gasteiger partial charge in [-0.1, -0.05) is 61.0 Å². The van der Waals surface area contributed by atoms with Crippen molar-refractivity contribution in [3.8, 4) is 11.5 Å². The minimum absolute atomic E-state index is 0.809. The van der Waals surface area contributed by atoms with Crippen molar-refractivity contribution >= 4 is 11.8 Å². The maximum absolute atomic E-state index is 5.59. The smallest absolute Gasteiger partial charge is 0.130 e. The van der Waals surface area contributed by atoms with Crippen LogP contribution in [0.1, 0.15) is 25.0 Å². The van der Waals surface area contributed by atoms with Crippen molar-refractivity contribution in [1.29, 1.82) is 0 Å². The molecule has 30 heavy (non-hydrogen) atoms. The van der Waals surface area contributed by atoms with Gasteiger partial charge < -0.3 is 9.30 Å². The van der Waals surface area contributed by atoms with Crippen molar-refractivity contribution in [2.24, 2.45) is 7.05 Å². The fourth-order valence-electron chi connectivity index (χ4n) is 2.50. The third-order valence-corrected chi connectivity index (χ3v) is 4.90. The Kier molecular flexibility index (Phi) is 9.75. The minimum Gasteiger partial charge on any atom is -0.457 e. The highest BCUT2D eigenvalue weighted by molar-refractivity contribution is 7.99. The lowest BCUT2D eigenvalue weighted by Gasteiger charge is -2.04. The molecule has 0 aliphatic carbocycles. The first kappa shape index (κ1) is 23.3. The molecule has 0 spiro atoms. The van der Waals surface area contributed by atoms with E-state index in [2.05, 4.69) is 66.1 Å². The van der Waals surface area contributed by atoms with Gasteiger partial charge in [-0.2, -0.15) is 0 Å². The van der Waals surface area contributed by atoms with Crippen LogP contribution in [0, 0.1) is 13.8 Å². The van der Waals surface area contributed by atoms with Crippen LogP contribution >= 0.6 is 11.8 Å². The number of aromatic nitrogens is 2. The van der Waals surface area contributed by atoms with E-state index in [4.69, 9.17) is 4.74 Å². The molecule has 4 aromatic rings. The summed E-state index contributed by atoms with van der Waals surface area (Å²) in [6, 6.07) is 22.3. The minimum atomic E-state index is 0.809. The molecule has 0 unspecified atom stereocenters. The molecular formula is C26H30N2OS. The lowest BCUT2D eigenvalue weighted by atomic mass is 10.2. The third kappa shape index (κ3) is 8.18. The molecule has 0 radical (unpaired) electrons. The first-order chi connectivity index (χ1) is 14.6. The van der Waals surface area contributed by atoms with Crippen LogP contribution in [0.4, 0.5) is 0 Å². The van der Waals surface area contributed by atoms with Crippen LogP contribution in [-0.4, -0.2) is 9.55 Å². The second kappa shape index (κ2) is 12.6. The number of aryl methyl sites for hydroxylation is 3. The topological polar surface area (TPSA) is 27.1 Å². The van der Waals surface area contributed by atoms with Gasteiger partial charge in [-0.25, -0.2) is 0 Å². The van der Waals surface area contributed by atoms with E-state index in [1.54, 1.807) is 24.2 Å². The highest BCUT2D eigenvalue weighted by atomic mass is 32.2. The Morgan fingerprint density at radius 1 is 0.767 bits per heavy atom. The first-order valence-electron chi connectivity index (χ1n) is 10.1. The molecule has 2 aromatic heterocycles. The Hall–Kier alpha value is -2.98. The Morgan fingerprint density at radius 2 is 1.43 bits per heavy atom. The van der Waals surface area contributed by atoms with Crippen molar-refractivity contribution in [2.45, 2.75) is 37.5 Å². The highest BCUT2D eigenvalue weighted by Crippen LogP contribution is 2.27. The van der Waals surface area contributed by atoms with Crippen LogP contribution in [0.2, 0.25) is 0 Å². The molecule has 0 amide bonds. The third-order valence-electron chi connectivity index (χ3n) is 3.94. The first-order valence-corrected chi connectivity index (χ1v) is 10.9. The molecule has 0 aliphatic rings. The molecule has 156 valence electrons. The molecule has 0 atom stereocenters. The predicted octanol–water partition coefficient (Wildman–Crippen LogP) is 7.69. The summed E-state index contributed by atoms with van der Waals surface area (Å²) in [6.07, 6.45) is 7.62. The molecule has 0 fully saturated rings. The Bertz CT molecular complexity index is 995. The van der Waals surface area contributed by atoms with Crippen molar-refractivity contribution in [2.75, 3.05) is 0 Å². The summed E-state index contributed by atoms with van der Waals surface area (Å²) in [7, 11) is 2.04. The van der Waals surface area contributed by atoms with Crippen LogP contribution in [-0.2, 0) is 7.05 Å². The molecule has 0 aliphatic heterocycles. The number of hydrogen-bond donors (Lipinski definition) is 0. The molecule has 2 heterocycles.